The number of carbonyl (C=O) groups excluding carboxylic acids is 2. The summed E-state index contributed by atoms with van der Waals surface area (Å²) in [6, 6.07) is 10.7. The number of carboxylic acid groups (broad SMARTS) is 1. The third-order valence-corrected chi connectivity index (χ3v) is 11.7. The van der Waals surface area contributed by atoms with Crippen molar-refractivity contribution >= 4 is 74.4 Å². The number of fused-ring (bicyclic) bond motifs is 4. The fraction of sp³-hybridized carbons (Fsp3) is 0.364. The van der Waals surface area contributed by atoms with E-state index in [9.17, 15) is 14.7 Å². The predicted octanol–water partition coefficient (Wildman–Crippen LogP) is 10.4. The van der Waals surface area contributed by atoms with Crippen molar-refractivity contribution in [3.8, 4) is 16.9 Å². The zero-order chi connectivity index (χ0) is 42.1. The van der Waals surface area contributed by atoms with Gasteiger partial charge in [-0.15, -0.1) is 0 Å². The lowest BCUT2D eigenvalue weighted by atomic mass is 9.98. The molecule has 304 valence electrons. The molecule has 1 aliphatic rings. The van der Waals surface area contributed by atoms with E-state index >= 15 is 4.79 Å². The fourth-order valence-corrected chi connectivity index (χ4v) is 8.69. The van der Waals surface area contributed by atoms with Crippen LogP contribution in [0.5, 0.6) is 5.75 Å². The molecule has 14 heteroatoms. The number of ether oxygens (including phenoxy) is 2. The first kappa shape index (κ1) is 40.7. The van der Waals surface area contributed by atoms with Gasteiger partial charge < -0.3 is 28.6 Å². The second kappa shape index (κ2) is 15.0. The number of halogens is 2. The van der Waals surface area contributed by atoms with E-state index in [0.29, 0.717) is 57.5 Å². The maximum atomic E-state index is 15.4. The van der Waals surface area contributed by atoms with Gasteiger partial charge in [0.2, 0.25) is 0 Å². The molecule has 4 heterocycles. The van der Waals surface area contributed by atoms with Crippen molar-refractivity contribution in [3.05, 3.63) is 92.0 Å². The van der Waals surface area contributed by atoms with Gasteiger partial charge in [-0.05, 0) is 115 Å². The van der Waals surface area contributed by atoms with Gasteiger partial charge in [0, 0.05) is 71.2 Å². The van der Waals surface area contributed by atoms with Gasteiger partial charge in [0.25, 0.3) is 5.91 Å². The third kappa shape index (κ3) is 7.17. The molecule has 58 heavy (non-hydrogen) atoms. The quantitative estimate of drug-likeness (QED) is 0.139. The van der Waals surface area contributed by atoms with E-state index in [2.05, 4.69) is 16.8 Å². The van der Waals surface area contributed by atoms with Gasteiger partial charge in [-0.2, -0.15) is 5.10 Å². The molecule has 1 unspecified atom stereocenters. The topological polar surface area (TPSA) is 133 Å². The molecule has 1 aliphatic heterocycles. The number of aryl methyl sites for hydroxylation is 6. The molecule has 2 N–H and O–H groups in total. The molecule has 7 rings (SSSR count). The highest BCUT2D eigenvalue weighted by atomic mass is 35.5. The minimum absolute atomic E-state index is 0.0338. The predicted molar refractivity (Wildman–Crippen MR) is 229 cm³/mol. The summed E-state index contributed by atoms with van der Waals surface area (Å²) in [6.45, 7) is 15.8. The van der Waals surface area contributed by atoms with E-state index in [4.69, 9.17) is 37.8 Å². The van der Waals surface area contributed by atoms with E-state index < -0.39 is 17.7 Å². The smallest absolute Gasteiger partial charge is 0.412 e. The van der Waals surface area contributed by atoms with Gasteiger partial charge in [0.1, 0.15) is 17.0 Å². The molecular weight excluding hydrogens is 779 g/mol. The summed E-state index contributed by atoms with van der Waals surface area (Å²) < 4.78 is 17.4. The standard InChI is InChI=1S/C44H48Cl2N6O6/c1-22-16-28(17-23(2)37(22)46)57-15-11-12-29-30-13-14-33(45)36(35-25(4)48-50(10)26(35)5)39(30)52-24(3)20-51(41(53)40(29)52)34-19-27(47-43(56)58-44(6,7)8)18-31-32(42(54)55)21-49(9)38(31)34/h13-14,16-19,21,24H,11-12,15,20H2,1-10H3,(H,47,56)(H,54,55). The Balaban J connectivity index is 1.40. The van der Waals surface area contributed by atoms with Crippen LogP contribution in [0, 0.1) is 27.7 Å². The first-order valence-electron chi connectivity index (χ1n) is 19.2. The van der Waals surface area contributed by atoms with Crippen molar-refractivity contribution < 1.29 is 29.0 Å². The average molecular weight is 828 g/mol. The van der Waals surface area contributed by atoms with Crippen molar-refractivity contribution in [3.63, 3.8) is 0 Å². The SMILES string of the molecule is Cc1cc(OCCCc2c3n(c4c(-c5c(C)nn(C)c5C)c(Cl)ccc24)C(C)CN(c2cc(NC(=O)OC(C)(C)C)cc4c(C(=O)O)cn(C)c24)C3=O)cc(C)c1Cl. The van der Waals surface area contributed by atoms with Crippen LogP contribution in [0.4, 0.5) is 16.2 Å². The van der Waals surface area contributed by atoms with E-state index in [-0.39, 0.29) is 24.1 Å². The summed E-state index contributed by atoms with van der Waals surface area (Å²) in [4.78, 5) is 42.6. The third-order valence-electron chi connectivity index (χ3n) is 10.8. The van der Waals surface area contributed by atoms with Crippen molar-refractivity contribution in [1.29, 1.82) is 0 Å². The summed E-state index contributed by atoms with van der Waals surface area (Å²) in [5.41, 5.74) is 8.08. The Bertz CT molecular complexity index is 2660. The Kier molecular flexibility index (Phi) is 10.6. The Labute approximate surface area is 347 Å². The van der Waals surface area contributed by atoms with Crippen LogP contribution < -0.4 is 15.0 Å². The first-order chi connectivity index (χ1) is 27.3. The largest absolute Gasteiger partial charge is 0.494 e. The molecule has 2 amide bonds. The van der Waals surface area contributed by atoms with Crippen molar-refractivity contribution in [2.24, 2.45) is 14.1 Å². The second-order valence-corrected chi connectivity index (χ2v) is 17.0. The zero-order valence-electron chi connectivity index (χ0n) is 34.4. The van der Waals surface area contributed by atoms with Crippen LogP contribution in [0.2, 0.25) is 10.0 Å². The number of aromatic nitrogens is 4. The molecule has 3 aromatic carbocycles. The number of nitrogens with zero attached hydrogens (tertiary/aromatic N) is 5. The Morgan fingerprint density at radius 1 is 0.983 bits per heavy atom. The molecule has 0 bridgehead atoms. The molecule has 3 aromatic heterocycles. The molecule has 0 saturated heterocycles. The molecule has 0 saturated carbocycles. The molecular formula is C44H48Cl2N6O6. The lowest BCUT2D eigenvalue weighted by molar-refractivity contribution is 0.0634. The maximum Gasteiger partial charge on any atom is 0.412 e. The van der Waals surface area contributed by atoms with Crippen molar-refractivity contribution in [2.75, 3.05) is 23.4 Å². The maximum absolute atomic E-state index is 15.4. The number of carbonyl (C=O) groups is 3. The Morgan fingerprint density at radius 3 is 2.29 bits per heavy atom. The average Bonchev–Trinajstić information content (AvgIpc) is 3.73. The normalized spacial score (nSPS) is 14.4. The summed E-state index contributed by atoms with van der Waals surface area (Å²) in [5, 5.41) is 20.2. The number of carboxylic acids is 1. The monoisotopic (exact) mass is 826 g/mol. The minimum Gasteiger partial charge on any atom is -0.494 e. The Morgan fingerprint density at radius 2 is 1.67 bits per heavy atom. The van der Waals surface area contributed by atoms with E-state index in [1.807, 2.05) is 63.7 Å². The number of aromatic carboxylic acids is 1. The van der Waals surface area contributed by atoms with E-state index in [0.717, 1.165) is 55.9 Å². The molecule has 6 aromatic rings. The van der Waals surface area contributed by atoms with Gasteiger partial charge >= 0.3 is 12.1 Å². The van der Waals surface area contributed by atoms with Crippen molar-refractivity contribution in [1.82, 2.24) is 18.9 Å². The lowest BCUT2D eigenvalue weighted by Crippen LogP contribution is -2.43. The van der Waals surface area contributed by atoms with E-state index in [1.165, 1.54) is 6.20 Å². The number of amides is 2. The highest BCUT2D eigenvalue weighted by Crippen LogP contribution is 2.46. The summed E-state index contributed by atoms with van der Waals surface area (Å²) >= 11 is 13.5. The summed E-state index contributed by atoms with van der Waals surface area (Å²) in [7, 11) is 3.65. The summed E-state index contributed by atoms with van der Waals surface area (Å²) in [6.07, 6.45) is 1.91. The molecule has 0 radical (unpaired) electrons. The molecule has 0 spiro atoms. The van der Waals surface area contributed by atoms with Gasteiger partial charge in [-0.25, -0.2) is 9.59 Å². The van der Waals surface area contributed by atoms with Crippen LogP contribution in [-0.2, 0) is 25.3 Å². The van der Waals surface area contributed by atoms with Crippen LogP contribution in [-0.4, -0.2) is 60.7 Å². The number of anilines is 2. The van der Waals surface area contributed by atoms with Crippen LogP contribution >= 0.6 is 23.2 Å². The Hall–Kier alpha value is -5.46. The molecule has 1 atom stereocenters. The van der Waals surface area contributed by atoms with Crippen LogP contribution in [0.25, 0.3) is 32.9 Å². The molecule has 0 aliphatic carbocycles. The number of nitrogens with one attached hydrogen (secondary N) is 1. The van der Waals surface area contributed by atoms with Gasteiger partial charge in [-0.3, -0.25) is 14.8 Å². The highest BCUT2D eigenvalue weighted by molar-refractivity contribution is 6.35. The second-order valence-electron chi connectivity index (χ2n) is 16.3. The molecule has 12 nitrogen and oxygen atoms in total. The minimum atomic E-state index is -1.14. The summed E-state index contributed by atoms with van der Waals surface area (Å²) in [5.74, 6) is -0.684. The van der Waals surface area contributed by atoms with Crippen LogP contribution in [0.3, 0.4) is 0 Å². The number of hydrogen-bond donors (Lipinski definition) is 2. The highest BCUT2D eigenvalue weighted by Gasteiger charge is 2.38. The van der Waals surface area contributed by atoms with Gasteiger partial charge in [-0.1, -0.05) is 29.3 Å². The number of benzene rings is 3. The van der Waals surface area contributed by atoms with Crippen LogP contribution in [0.15, 0.2) is 42.6 Å². The molecule has 0 fully saturated rings. The van der Waals surface area contributed by atoms with Gasteiger partial charge in [0.15, 0.2) is 0 Å². The van der Waals surface area contributed by atoms with Crippen molar-refractivity contribution in [2.45, 2.75) is 79.9 Å². The van der Waals surface area contributed by atoms with Gasteiger partial charge in [0.05, 0.1) is 39.6 Å². The number of rotatable bonds is 9. The van der Waals surface area contributed by atoms with Crippen LogP contribution in [0.1, 0.15) is 89.1 Å². The number of hydrogen-bond acceptors (Lipinski definition) is 6. The lowest BCUT2D eigenvalue weighted by Gasteiger charge is -2.35. The fourth-order valence-electron chi connectivity index (χ4n) is 8.33. The van der Waals surface area contributed by atoms with E-state index in [1.54, 1.807) is 49.4 Å². The first-order valence-corrected chi connectivity index (χ1v) is 20.0. The zero-order valence-corrected chi connectivity index (χ0v) is 35.9.